The maximum Gasteiger partial charge on any atom is 0.243 e. The molecule has 1 aliphatic rings. The molecule has 2 amide bonds. The molecule has 51 heavy (non-hydrogen) atoms. The number of aliphatic hydroxyl groups excluding tert-OH is 1. The third-order valence-electron chi connectivity index (χ3n) is 10.7. The van der Waals surface area contributed by atoms with Crippen LogP contribution >= 0.6 is 0 Å². The molecular formula is C42H61N5O4. The molecule has 0 aliphatic heterocycles. The van der Waals surface area contributed by atoms with Crippen LogP contribution in [0.3, 0.4) is 0 Å². The third kappa shape index (κ3) is 13.3. The fourth-order valence-electron chi connectivity index (χ4n) is 7.26. The van der Waals surface area contributed by atoms with Gasteiger partial charge in [-0.1, -0.05) is 103 Å². The van der Waals surface area contributed by atoms with Gasteiger partial charge in [0, 0.05) is 48.0 Å². The Balaban J connectivity index is 1.54. The van der Waals surface area contributed by atoms with Gasteiger partial charge in [-0.15, -0.1) is 0 Å². The second kappa shape index (κ2) is 19.7. The van der Waals surface area contributed by atoms with Crippen LogP contribution in [0.2, 0.25) is 0 Å². The monoisotopic (exact) mass is 699 g/mol. The van der Waals surface area contributed by atoms with E-state index in [1.54, 1.807) is 12.5 Å². The summed E-state index contributed by atoms with van der Waals surface area (Å²) in [5.41, 5.74) is 2.10. The topological polar surface area (TPSA) is 137 Å². The first-order valence-corrected chi connectivity index (χ1v) is 19.1. The Bertz CT molecular complexity index is 1470. The fourth-order valence-corrected chi connectivity index (χ4v) is 7.26. The number of benzene rings is 1. The molecule has 9 heteroatoms. The van der Waals surface area contributed by atoms with Crippen molar-refractivity contribution in [2.24, 2.45) is 29.1 Å². The molecule has 4 N–H and O–H groups in total. The standard InChI is InChI=1S/C42H61N5O4/c1-29(2)32(19-20-34-18-12-13-21-44-34)24-38(48)36(23-31-16-10-7-11-17-31)46-41(51)37(26-35-27-43-28-45-35)47-40(50)33(25-39(49)42(3,4)5)22-30-14-8-6-9-15-30/h6,8-9,12-15,18,21,27-29,31-33,36-38,48H,7,10-11,16-17,19-20,22-26H2,1-5H3,(H,43,45)(H,46,51)(H,47,50)/t32-,33+,36-,37-,38-/m0/s1. The van der Waals surface area contributed by atoms with Gasteiger partial charge in [-0.2, -0.15) is 0 Å². The van der Waals surface area contributed by atoms with Crippen LogP contribution in [0.15, 0.2) is 67.3 Å². The number of imidazole rings is 1. The van der Waals surface area contributed by atoms with Crippen LogP contribution in [0.25, 0.3) is 0 Å². The van der Waals surface area contributed by atoms with E-state index >= 15 is 0 Å². The number of pyridine rings is 1. The molecule has 0 saturated heterocycles. The highest BCUT2D eigenvalue weighted by atomic mass is 16.3. The molecule has 9 nitrogen and oxygen atoms in total. The van der Waals surface area contributed by atoms with Crippen molar-refractivity contribution >= 4 is 17.6 Å². The first kappa shape index (κ1) is 39.9. The van der Waals surface area contributed by atoms with Gasteiger partial charge in [-0.05, 0) is 67.6 Å². The average Bonchev–Trinajstić information content (AvgIpc) is 3.63. The van der Waals surface area contributed by atoms with Crippen LogP contribution in [-0.4, -0.2) is 55.8 Å². The number of nitrogens with zero attached hydrogens (tertiary/aromatic N) is 2. The van der Waals surface area contributed by atoms with Crippen molar-refractivity contribution in [2.45, 2.75) is 130 Å². The van der Waals surface area contributed by atoms with Gasteiger partial charge in [0.25, 0.3) is 0 Å². The van der Waals surface area contributed by atoms with E-state index in [-0.39, 0.29) is 36.4 Å². The van der Waals surface area contributed by atoms with Gasteiger partial charge in [0.1, 0.15) is 11.8 Å². The minimum atomic E-state index is -0.924. The second-order valence-electron chi connectivity index (χ2n) is 16.1. The molecule has 1 fully saturated rings. The zero-order chi connectivity index (χ0) is 36.8. The summed E-state index contributed by atoms with van der Waals surface area (Å²) in [6.07, 6.45) is 13.6. The summed E-state index contributed by atoms with van der Waals surface area (Å²) >= 11 is 0. The normalized spacial score (nSPS) is 16.9. The summed E-state index contributed by atoms with van der Waals surface area (Å²) in [5.74, 6) is -0.323. The molecule has 1 aromatic carbocycles. The number of aromatic amines is 1. The number of aliphatic hydroxyl groups is 1. The van der Waals surface area contributed by atoms with Crippen molar-refractivity contribution in [3.63, 3.8) is 0 Å². The Hall–Kier alpha value is -3.85. The zero-order valence-corrected chi connectivity index (χ0v) is 31.4. The van der Waals surface area contributed by atoms with E-state index in [1.165, 1.54) is 6.42 Å². The van der Waals surface area contributed by atoms with Gasteiger partial charge in [0.2, 0.25) is 11.8 Å². The number of hydrogen-bond donors (Lipinski definition) is 4. The Labute approximate surface area is 305 Å². The predicted octanol–water partition coefficient (Wildman–Crippen LogP) is 6.81. The van der Waals surface area contributed by atoms with Gasteiger partial charge < -0.3 is 20.7 Å². The summed E-state index contributed by atoms with van der Waals surface area (Å²) in [6, 6.07) is 14.2. The van der Waals surface area contributed by atoms with Crippen LogP contribution in [0.1, 0.15) is 109 Å². The molecule has 1 aliphatic carbocycles. The molecule has 5 atom stereocenters. The number of Topliss-reactive ketones (excluding diaryl/α,β-unsaturated/α-hetero) is 1. The van der Waals surface area contributed by atoms with Crippen LogP contribution in [0.5, 0.6) is 0 Å². The summed E-state index contributed by atoms with van der Waals surface area (Å²) < 4.78 is 0. The summed E-state index contributed by atoms with van der Waals surface area (Å²) in [6.45, 7) is 9.97. The van der Waals surface area contributed by atoms with E-state index in [4.69, 9.17) is 0 Å². The summed E-state index contributed by atoms with van der Waals surface area (Å²) in [4.78, 5) is 53.3. The van der Waals surface area contributed by atoms with E-state index in [1.807, 2.05) is 75.5 Å². The lowest BCUT2D eigenvalue weighted by Crippen LogP contribution is -2.55. The van der Waals surface area contributed by atoms with Crippen LogP contribution in [-0.2, 0) is 33.6 Å². The van der Waals surface area contributed by atoms with Crippen molar-refractivity contribution in [2.75, 3.05) is 0 Å². The smallest absolute Gasteiger partial charge is 0.243 e. The van der Waals surface area contributed by atoms with E-state index in [0.717, 1.165) is 49.8 Å². The highest BCUT2D eigenvalue weighted by molar-refractivity contribution is 5.92. The van der Waals surface area contributed by atoms with Crippen molar-refractivity contribution in [1.82, 2.24) is 25.6 Å². The minimum Gasteiger partial charge on any atom is -0.391 e. The van der Waals surface area contributed by atoms with Crippen molar-refractivity contribution in [3.05, 3.63) is 84.2 Å². The zero-order valence-electron chi connectivity index (χ0n) is 31.4. The lowest BCUT2D eigenvalue weighted by molar-refractivity contribution is -0.135. The van der Waals surface area contributed by atoms with Crippen LogP contribution < -0.4 is 10.6 Å². The van der Waals surface area contributed by atoms with Crippen molar-refractivity contribution in [3.8, 4) is 0 Å². The lowest BCUT2D eigenvalue weighted by atomic mass is 9.80. The molecule has 0 bridgehead atoms. The average molecular weight is 700 g/mol. The molecular weight excluding hydrogens is 638 g/mol. The number of carbonyl (C=O) groups is 3. The molecule has 1 saturated carbocycles. The number of aromatic nitrogens is 3. The van der Waals surface area contributed by atoms with Crippen molar-refractivity contribution in [1.29, 1.82) is 0 Å². The van der Waals surface area contributed by atoms with Crippen LogP contribution in [0, 0.1) is 29.1 Å². The molecule has 2 aromatic heterocycles. The number of H-pyrrole nitrogens is 1. The lowest BCUT2D eigenvalue weighted by Gasteiger charge is -2.34. The number of ketones is 1. The number of nitrogens with one attached hydrogen (secondary N) is 3. The Morgan fingerprint density at radius 1 is 0.941 bits per heavy atom. The van der Waals surface area contributed by atoms with Gasteiger partial charge >= 0.3 is 0 Å². The van der Waals surface area contributed by atoms with Gasteiger partial charge in [0.15, 0.2) is 0 Å². The highest BCUT2D eigenvalue weighted by Gasteiger charge is 2.34. The number of amides is 2. The minimum absolute atomic E-state index is 0.00780. The predicted molar refractivity (Wildman–Crippen MR) is 202 cm³/mol. The maximum absolute atomic E-state index is 14.3. The molecule has 278 valence electrons. The SMILES string of the molecule is CC(C)[C@@H](CCc1ccccn1)C[C@H](O)[C@H](CC1CCCCC1)NC(=O)[C@H](Cc1cnc[nH]1)NC(=O)[C@@H](CC(=O)C(C)(C)C)Cc1ccccc1. The Kier molecular flexibility index (Phi) is 15.4. The molecule has 0 unspecified atom stereocenters. The maximum atomic E-state index is 14.3. The first-order chi connectivity index (χ1) is 24.4. The third-order valence-corrected chi connectivity index (χ3v) is 10.7. The molecule has 4 rings (SSSR count). The van der Waals surface area contributed by atoms with E-state index < -0.39 is 29.5 Å². The Morgan fingerprint density at radius 2 is 1.67 bits per heavy atom. The van der Waals surface area contributed by atoms with Gasteiger partial charge in [0.05, 0.1) is 18.5 Å². The van der Waals surface area contributed by atoms with Gasteiger partial charge in [-0.3, -0.25) is 19.4 Å². The number of carbonyl (C=O) groups excluding carboxylic acids is 3. The van der Waals surface area contributed by atoms with E-state index in [0.29, 0.717) is 36.8 Å². The quantitative estimate of drug-likeness (QED) is 0.109. The Morgan fingerprint density at radius 3 is 2.29 bits per heavy atom. The fraction of sp³-hybridized carbons (Fsp3) is 0.595. The number of aryl methyl sites for hydroxylation is 1. The van der Waals surface area contributed by atoms with E-state index in [2.05, 4.69) is 39.4 Å². The molecule has 0 radical (unpaired) electrons. The van der Waals surface area contributed by atoms with Gasteiger partial charge in [-0.25, -0.2) is 4.98 Å². The van der Waals surface area contributed by atoms with Crippen LogP contribution in [0.4, 0.5) is 0 Å². The molecule has 2 heterocycles. The molecule has 3 aromatic rings. The first-order valence-electron chi connectivity index (χ1n) is 19.1. The molecule has 0 spiro atoms. The summed E-state index contributed by atoms with van der Waals surface area (Å²) in [7, 11) is 0. The highest BCUT2D eigenvalue weighted by Crippen LogP contribution is 2.31. The summed E-state index contributed by atoms with van der Waals surface area (Å²) in [5, 5.41) is 18.2. The number of hydrogen-bond acceptors (Lipinski definition) is 6. The second-order valence-corrected chi connectivity index (χ2v) is 16.1. The largest absolute Gasteiger partial charge is 0.391 e. The van der Waals surface area contributed by atoms with E-state index in [9.17, 15) is 19.5 Å². The van der Waals surface area contributed by atoms with Crippen molar-refractivity contribution < 1.29 is 19.5 Å². The number of rotatable bonds is 19.